The van der Waals surface area contributed by atoms with Gasteiger partial charge < -0.3 is 4.57 Å². The van der Waals surface area contributed by atoms with Crippen LogP contribution in [-0.4, -0.2) is 22.6 Å². The van der Waals surface area contributed by atoms with Crippen LogP contribution in [0.4, 0.5) is 0 Å². The predicted octanol–water partition coefficient (Wildman–Crippen LogP) is 5.19. The summed E-state index contributed by atoms with van der Waals surface area (Å²) < 4.78 is 3.63. The van der Waals surface area contributed by atoms with Gasteiger partial charge in [0.1, 0.15) is 0 Å². The van der Waals surface area contributed by atoms with E-state index in [4.69, 9.17) is 0 Å². The number of hydrogen-bond donors (Lipinski definition) is 0. The van der Waals surface area contributed by atoms with Crippen molar-refractivity contribution in [3.8, 4) is 0 Å². The molecule has 1 aliphatic rings. The highest BCUT2D eigenvalue weighted by Crippen LogP contribution is 2.27. The number of halogens is 1. The third kappa shape index (κ3) is 3.51. The van der Waals surface area contributed by atoms with Gasteiger partial charge in [-0.05, 0) is 56.1 Å². The highest BCUT2D eigenvalue weighted by atomic mass is 79.9. The fraction of sp³-hybridized carbons (Fsp3) is 0.556. The van der Waals surface area contributed by atoms with Crippen molar-refractivity contribution in [3.63, 3.8) is 0 Å². The summed E-state index contributed by atoms with van der Waals surface area (Å²) in [4.78, 5) is 2.61. The number of hydrogen-bond acceptors (Lipinski definition) is 1. The van der Waals surface area contributed by atoms with Crippen LogP contribution in [0.5, 0.6) is 0 Å². The summed E-state index contributed by atoms with van der Waals surface area (Å²) in [7, 11) is 0. The molecule has 1 fully saturated rings. The third-order valence-corrected chi connectivity index (χ3v) is 5.01. The first-order valence-corrected chi connectivity index (χ1v) is 9.07. The minimum atomic E-state index is 1.10. The molecule has 2 heterocycles. The van der Waals surface area contributed by atoms with Gasteiger partial charge in [-0.2, -0.15) is 0 Å². The fourth-order valence-corrected chi connectivity index (χ4v) is 3.70. The quantitative estimate of drug-likeness (QED) is 0.721. The number of benzene rings is 1. The van der Waals surface area contributed by atoms with Crippen molar-refractivity contribution in [1.82, 2.24) is 9.47 Å². The van der Waals surface area contributed by atoms with Crippen molar-refractivity contribution in [2.75, 3.05) is 13.1 Å². The monoisotopic (exact) mass is 348 g/mol. The molecule has 0 radical (unpaired) electrons. The second-order valence-corrected chi connectivity index (χ2v) is 7.12. The number of aryl methyl sites for hydroxylation is 1. The molecule has 2 nitrogen and oxygen atoms in total. The minimum Gasteiger partial charge on any atom is -0.347 e. The van der Waals surface area contributed by atoms with Crippen LogP contribution in [0.1, 0.15) is 44.6 Å². The van der Waals surface area contributed by atoms with E-state index < -0.39 is 0 Å². The molecule has 0 spiro atoms. The average molecular weight is 349 g/mol. The van der Waals surface area contributed by atoms with Gasteiger partial charge in [-0.3, -0.25) is 4.90 Å². The molecular formula is C18H25BrN2. The Labute approximate surface area is 136 Å². The number of unbranched alkanes of at least 4 members (excludes halogenated alkanes) is 1. The van der Waals surface area contributed by atoms with Gasteiger partial charge in [0.2, 0.25) is 0 Å². The van der Waals surface area contributed by atoms with Crippen molar-refractivity contribution in [3.05, 3.63) is 34.4 Å². The normalized spacial score (nSPS) is 16.7. The van der Waals surface area contributed by atoms with Gasteiger partial charge in [-0.15, -0.1) is 0 Å². The molecule has 21 heavy (non-hydrogen) atoms. The lowest BCUT2D eigenvalue weighted by Gasteiger charge is -2.26. The van der Waals surface area contributed by atoms with E-state index in [-0.39, 0.29) is 0 Å². The Hall–Kier alpha value is -0.800. The van der Waals surface area contributed by atoms with E-state index in [0.717, 1.165) is 13.1 Å². The van der Waals surface area contributed by atoms with Crippen LogP contribution in [0.2, 0.25) is 0 Å². The van der Waals surface area contributed by atoms with E-state index in [2.05, 4.69) is 56.7 Å². The molecule has 0 N–H and O–H groups in total. The molecule has 2 aromatic rings. The first-order valence-electron chi connectivity index (χ1n) is 8.27. The first kappa shape index (κ1) is 15.1. The Balaban J connectivity index is 1.90. The molecule has 114 valence electrons. The van der Waals surface area contributed by atoms with E-state index in [1.54, 1.807) is 0 Å². The topological polar surface area (TPSA) is 8.17 Å². The van der Waals surface area contributed by atoms with Crippen LogP contribution in [0.3, 0.4) is 0 Å². The van der Waals surface area contributed by atoms with Crippen LogP contribution in [0.25, 0.3) is 10.9 Å². The first-order chi connectivity index (χ1) is 10.3. The van der Waals surface area contributed by atoms with Crippen LogP contribution >= 0.6 is 15.9 Å². The summed E-state index contributed by atoms with van der Waals surface area (Å²) in [5.41, 5.74) is 2.88. The van der Waals surface area contributed by atoms with Crippen LogP contribution in [-0.2, 0) is 13.1 Å². The number of fused-ring (bicyclic) bond motifs is 1. The van der Waals surface area contributed by atoms with E-state index >= 15 is 0 Å². The van der Waals surface area contributed by atoms with E-state index in [0.29, 0.717) is 0 Å². The van der Waals surface area contributed by atoms with Crippen LogP contribution < -0.4 is 0 Å². The Morgan fingerprint density at radius 1 is 1.14 bits per heavy atom. The summed E-state index contributed by atoms with van der Waals surface area (Å²) in [6.45, 7) is 7.02. The van der Waals surface area contributed by atoms with Crippen molar-refractivity contribution >= 4 is 26.8 Å². The zero-order valence-electron chi connectivity index (χ0n) is 12.9. The van der Waals surface area contributed by atoms with Gasteiger partial charge >= 0.3 is 0 Å². The molecule has 1 aromatic heterocycles. The molecule has 1 aromatic carbocycles. The molecule has 0 unspecified atom stereocenters. The molecule has 0 aliphatic carbocycles. The molecule has 1 saturated heterocycles. The number of nitrogens with zero attached hydrogens (tertiary/aromatic N) is 2. The molecule has 0 amide bonds. The summed E-state index contributed by atoms with van der Waals surface area (Å²) in [6, 6.07) is 6.71. The number of rotatable bonds is 5. The van der Waals surface area contributed by atoms with Gasteiger partial charge in [0.05, 0.1) is 0 Å². The average Bonchev–Trinajstić information content (AvgIpc) is 2.83. The lowest BCUT2D eigenvalue weighted by Crippen LogP contribution is -2.28. The molecule has 0 saturated carbocycles. The summed E-state index contributed by atoms with van der Waals surface area (Å²) in [6.07, 6.45) is 9.01. The smallest absolute Gasteiger partial charge is 0.0484 e. The maximum absolute atomic E-state index is 3.63. The lowest BCUT2D eigenvalue weighted by atomic mass is 10.1. The largest absolute Gasteiger partial charge is 0.347 e. The number of likely N-dealkylation sites (tertiary alicyclic amines) is 1. The summed E-state index contributed by atoms with van der Waals surface area (Å²) in [5, 5.41) is 1.42. The molecule has 0 bridgehead atoms. The second kappa shape index (κ2) is 6.97. The van der Waals surface area contributed by atoms with Crippen molar-refractivity contribution in [2.24, 2.45) is 0 Å². The number of piperidine rings is 1. The highest BCUT2D eigenvalue weighted by molar-refractivity contribution is 9.10. The Kier molecular flexibility index (Phi) is 5.02. The standard InChI is InChI=1S/C18H25BrN2/c1-2-3-11-21-14-15(13-20-9-5-4-6-10-20)17-12-16(19)7-8-18(17)21/h7-8,12,14H,2-6,9-11,13H2,1H3. The Morgan fingerprint density at radius 2 is 1.95 bits per heavy atom. The molecule has 3 rings (SSSR count). The zero-order chi connectivity index (χ0) is 14.7. The summed E-state index contributed by atoms with van der Waals surface area (Å²) >= 11 is 3.63. The lowest BCUT2D eigenvalue weighted by molar-refractivity contribution is 0.221. The predicted molar refractivity (Wildman–Crippen MR) is 93.7 cm³/mol. The highest BCUT2D eigenvalue weighted by Gasteiger charge is 2.14. The summed E-state index contributed by atoms with van der Waals surface area (Å²) in [5.74, 6) is 0. The van der Waals surface area contributed by atoms with Gasteiger partial charge in [-0.1, -0.05) is 35.7 Å². The van der Waals surface area contributed by atoms with Gasteiger partial charge in [0.25, 0.3) is 0 Å². The third-order valence-electron chi connectivity index (χ3n) is 4.52. The Morgan fingerprint density at radius 3 is 2.71 bits per heavy atom. The maximum atomic E-state index is 3.63. The SMILES string of the molecule is CCCCn1cc(CN2CCCCC2)c2cc(Br)ccc21. The van der Waals surface area contributed by atoms with Crippen molar-refractivity contribution in [1.29, 1.82) is 0 Å². The fourth-order valence-electron chi connectivity index (χ4n) is 3.34. The van der Waals surface area contributed by atoms with E-state index in [1.807, 2.05) is 0 Å². The van der Waals surface area contributed by atoms with E-state index in [9.17, 15) is 0 Å². The molecule has 1 aliphatic heterocycles. The van der Waals surface area contributed by atoms with Crippen LogP contribution in [0.15, 0.2) is 28.9 Å². The number of aromatic nitrogens is 1. The van der Waals surface area contributed by atoms with Gasteiger partial charge in [0.15, 0.2) is 0 Å². The van der Waals surface area contributed by atoms with Gasteiger partial charge in [-0.25, -0.2) is 0 Å². The van der Waals surface area contributed by atoms with Gasteiger partial charge in [0, 0.05) is 34.7 Å². The second-order valence-electron chi connectivity index (χ2n) is 6.20. The van der Waals surface area contributed by atoms with Crippen molar-refractivity contribution in [2.45, 2.75) is 52.1 Å². The van der Waals surface area contributed by atoms with Crippen LogP contribution in [0, 0.1) is 0 Å². The zero-order valence-corrected chi connectivity index (χ0v) is 14.5. The van der Waals surface area contributed by atoms with Crippen molar-refractivity contribution < 1.29 is 0 Å². The minimum absolute atomic E-state index is 1.10. The molecule has 0 atom stereocenters. The van der Waals surface area contributed by atoms with E-state index in [1.165, 1.54) is 66.1 Å². The molecular weight excluding hydrogens is 324 g/mol. The maximum Gasteiger partial charge on any atom is 0.0484 e. The Bertz CT molecular complexity index is 597. The molecule has 3 heteroatoms.